The highest BCUT2D eigenvalue weighted by Gasteiger charge is 2.47. The van der Waals surface area contributed by atoms with Gasteiger partial charge in [0.1, 0.15) is 0 Å². The van der Waals surface area contributed by atoms with Crippen LogP contribution in [0, 0.1) is 0 Å². The van der Waals surface area contributed by atoms with Crippen LogP contribution < -0.4 is 9.62 Å². The van der Waals surface area contributed by atoms with E-state index >= 15 is 0 Å². The molecule has 0 bridgehead atoms. The number of halogens is 2. The van der Waals surface area contributed by atoms with Crippen molar-refractivity contribution in [2.45, 2.75) is 5.25 Å². The van der Waals surface area contributed by atoms with Gasteiger partial charge in [0, 0.05) is 18.3 Å². The summed E-state index contributed by atoms with van der Waals surface area (Å²) in [6, 6.07) is 10.5. The van der Waals surface area contributed by atoms with E-state index in [2.05, 4.69) is 5.32 Å². The fourth-order valence-corrected chi connectivity index (χ4v) is 4.34. The van der Waals surface area contributed by atoms with Gasteiger partial charge >= 0.3 is 0 Å². The number of carbonyl (C=O) groups excluding carboxylic acids is 2. The van der Waals surface area contributed by atoms with Gasteiger partial charge in [-0.05, 0) is 30.3 Å². The van der Waals surface area contributed by atoms with E-state index in [4.69, 9.17) is 23.2 Å². The normalized spacial score (nSPS) is 18.6. The van der Waals surface area contributed by atoms with Crippen LogP contribution in [0.5, 0.6) is 0 Å². The van der Waals surface area contributed by atoms with Gasteiger partial charge in [-0.3, -0.25) is 13.9 Å². The van der Waals surface area contributed by atoms with E-state index in [1.807, 2.05) is 0 Å². The molecule has 0 saturated carbocycles. The molecular formula is C16H12Cl2N2O4S. The summed E-state index contributed by atoms with van der Waals surface area (Å²) < 4.78 is 26.2. The van der Waals surface area contributed by atoms with Crippen molar-refractivity contribution in [1.29, 1.82) is 0 Å². The molecule has 130 valence electrons. The second-order valence-corrected chi connectivity index (χ2v) is 8.26. The maximum atomic E-state index is 12.6. The Morgan fingerprint density at radius 2 is 1.80 bits per heavy atom. The minimum atomic E-state index is -4.19. The monoisotopic (exact) mass is 398 g/mol. The molecule has 3 rings (SSSR count). The van der Waals surface area contributed by atoms with Crippen molar-refractivity contribution in [3.05, 3.63) is 58.1 Å². The topological polar surface area (TPSA) is 83.6 Å². The second-order valence-electron chi connectivity index (χ2n) is 5.39. The number of hydrogen-bond acceptors (Lipinski definition) is 4. The van der Waals surface area contributed by atoms with E-state index in [1.165, 1.54) is 37.4 Å². The number of para-hydroxylation sites is 1. The molecule has 0 saturated heterocycles. The lowest BCUT2D eigenvalue weighted by Crippen LogP contribution is -2.51. The standard InChI is InChI=1S/C16H12Cl2N2O4S/c1-20-13-5-3-2-4-10(13)14(21)15(25(20,23)24)16(22)19-9-6-7-11(17)12(18)8-9/h2-8,15H,1H3,(H,19,22). The van der Waals surface area contributed by atoms with Crippen LogP contribution in [0.4, 0.5) is 11.4 Å². The molecule has 0 spiro atoms. The second kappa shape index (κ2) is 6.33. The third-order valence-electron chi connectivity index (χ3n) is 3.85. The van der Waals surface area contributed by atoms with Gasteiger partial charge in [-0.25, -0.2) is 8.42 Å². The van der Waals surface area contributed by atoms with Gasteiger partial charge in [-0.15, -0.1) is 0 Å². The number of nitrogens with one attached hydrogen (secondary N) is 1. The molecule has 1 atom stereocenters. The molecule has 1 aliphatic rings. The van der Waals surface area contributed by atoms with Crippen molar-refractivity contribution >= 4 is 56.3 Å². The Morgan fingerprint density at radius 1 is 1.12 bits per heavy atom. The predicted octanol–water partition coefficient (Wildman–Crippen LogP) is 2.96. The molecule has 0 fully saturated rings. The lowest BCUT2D eigenvalue weighted by atomic mass is 10.0. The summed E-state index contributed by atoms with van der Waals surface area (Å²) in [5.74, 6) is -1.73. The minimum Gasteiger partial charge on any atom is -0.324 e. The Bertz CT molecular complexity index is 991. The number of rotatable bonds is 2. The van der Waals surface area contributed by atoms with Crippen molar-refractivity contribution < 1.29 is 18.0 Å². The van der Waals surface area contributed by atoms with E-state index in [1.54, 1.807) is 12.1 Å². The average molecular weight is 399 g/mol. The number of Topliss-reactive ketones (excluding diaryl/α,β-unsaturated/α-hetero) is 1. The number of sulfonamides is 1. The van der Waals surface area contributed by atoms with Gasteiger partial charge in [-0.2, -0.15) is 0 Å². The molecule has 0 aliphatic carbocycles. The van der Waals surface area contributed by atoms with Crippen LogP contribution in [0.15, 0.2) is 42.5 Å². The van der Waals surface area contributed by atoms with Crippen LogP contribution in [0.2, 0.25) is 10.0 Å². The first-order chi connectivity index (χ1) is 11.7. The third-order valence-corrected chi connectivity index (χ3v) is 6.57. The molecule has 2 aromatic rings. The summed E-state index contributed by atoms with van der Waals surface area (Å²) in [6.07, 6.45) is 0. The lowest BCUT2D eigenvalue weighted by molar-refractivity contribution is -0.115. The summed E-state index contributed by atoms with van der Waals surface area (Å²) in [5, 5.41) is 1.02. The summed E-state index contributed by atoms with van der Waals surface area (Å²) in [6.45, 7) is 0. The Labute approximate surface area is 154 Å². The molecule has 25 heavy (non-hydrogen) atoms. The average Bonchev–Trinajstić information content (AvgIpc) is 2.56. The van der Waals surface area contributed by atoms with Gasteiger partial charge < -0.3 is 5.32 Å². The molecule has 1 aliphatic heterocycles. The van der Waals surface area contributed by atoms with Crippen LogP contribution in [0.1, 0.15) is 10.4 Å². The number of hydrogen-bond donors (Lipinski definition) is 1. The Hall–Kier alpha value is -2.09. The smallest absolute Gasteiger partial charge is 0.254 e. The summed E-state index contributed by atoms with van der Waals surface area (Å²) >= 11 is 11.7. The summed E-state index contributed by atoms with van der Waals surface area (Å²) in [4.78, 5) is 25.1. The Balaban J connectivity index is 1.99. The number of fused-ring (bicyclic) bond motifs is 1. The number of amides is 1. The molecule has 1 heterocycles. The largest absolute Gasteiger partial charge is 0.324 e. The lowest BCUT2D eigenvalue weighted by Gasteiger charge is -2.31. The first kappa shape index (κ1) is 17.7. The Kier molecular flexibility index (Phi) is 4.49. The number of nitrogens with zero attached hydrogens (tertiary/aromatic N) is 1. The van der Waals surface area contributed by atoms with Crippen LogP contribution in [0.25, 0.3) is 0 Å². The van der Waals surface area contributed by atoms with Gasteiger partial charge in [0.2, 0.25) is 5.25 Å². The maximum Gasteiger partial charge on any atom is 0.254 e. The molecule has 1 N–H and O–H groups in total. The van der Waals surface area contributed by atoms with Crippen LogP contribution in [-0.4, -0.2) is 32.4 Å². The van der Waals surface area contributed by atoms with E-state index in [0.717, 1.165) is 4.31 Å². The van der Waals surface area contributed by atoms with Crippen molar-refractivity contribution in [2.24, 2.45) is 0 Å². The zero-order valence-corrected chi connectivity index (χ0v) is 15.2. The molecular weight excluding hydrogens is 387 g/mol. The minimum absolute atomic E-state index is 0.175. The van der Waals surface area contributed by atoms with Crippen molar-refractivity contribution in [2.75, 3.05) is 16.7 Å². The quantitative estimate of drug-likeness (QED) is 0.788. The highest BCUT2D eigenvalue weighted by atomic mass is 35.5. The zero-order valence-electron chi connectivity index (χ0n) is 12.9. The molecule has 1 amide bonds. The van der Waals surface area contributed by atoms with E-state index in [0.29, 0.717) is 0 Å². The van der Waals surface area contributed by atoms with Gasteiger partial charge in [0.25, 0.3) is 15.9 Å². The predicted molar refractivity (Wildman–Crippen MR) is 97.0 cm³/mol. The zero-order chi connectivity index (χ0) is 18.4. The van der Waals surface area contributed by atoms with Crippen LogP contribution in [0.3, 0.4) is 0 Å². The van der Waals surface area contributed by atoms with E-state index < -0.39 is 27.0 Å². The molecule has 0 aromatic heterocycles. The molecule has 0 radical (unpaired) electrons. The third kappa shape index (κ3) is 2.99. The molecule has 2 aromatic carbocycles. The Morgan fingerprint density at radius 3 is 2.48 bits per heavy atom. The first-order valence-electron chi connectivity index (χ1n) is 7.10. The van der Waals surface area contributed by atoms with Gasteiger partial charge in [0.15, 0.2) is 5.78 Å². The SMILES string of the molecule is CN1c2ccccc2C(=O)C(C(=O)Nc2ccc(Cl)c(Cl)c2)S1(=O)=O. The first-order valence-corrected chi connectivity index (χ1v) is 9.36. The van der Waals surface area contributed by atoms with E-state index in [-0.39, 0.29) is 27.0 Å². The fourth-order valence-electron chi connectivity index (χ4n) is 2.56. The van der Waals surface area contributed by atoms with Crippen LogP contribution in [-0.2, 0) is 14.8 Å². The maximum absolute atomic E-state index is 12.6. The van der Waals surface area contributed by atoms with Gasteiger partial charge in [0.05, 0.1) is 15.7 Å². The highest BCUT2D eigenvalue weighted by Crippen LogP contribution is 2.32. The van der Waals surface area contributed by atoms with E-state index in [9.17, 15) is 18.0 Å². The molecule has 1 unspecified atom stereocenters. The van der Waals surface area contributed by atoms with Gasteiger partial charge in [-0.1, -0.05) is 35.3 Å². The molecule has 6 nitrogen and oxygen atoms in total. The van der Waals surface area contributed by atoms with Crippen LogP contribution >= 0.6 is 23.2 Å². The number of ketones is 1. The number of benzene rings is 2. The number of anilines is 2. The molecule has 9 heteroatoms. The van der Waals surface area contributed by atoms with Crippen molar-refractivity contribution in [3.8, 4) is 0 Å². The number of carbonyl (C=O) groups is 2. The highest BCUT2D eigenvalue weighted by molar-refractivity contribution is 7.95. The fraction of sp³-hybridized carbons (Fsp3) is 0.125. The summed E-state index contributed by atoms with van der Waals surface area (Å²) in [7, 11) is -2.88. The van der Waals surface area contributed by atoms with Crippen molar-refractivity contribution in [1.82, 2.24) is 0 Å². The van der Waals surface area contributed by atoms with Crippen molar-refractivity contribution in [3.63, 3.8) is 0 Å². The summed E-state index contributed by atoms with van der Waals surface area (Å²) in [5.41, 5.74) is 0.657.